The van der Waals surface area contributed by atoms with Gasteiger partial charge in [0.05, 0.1) is 0 Å². The predicted molar refractivity (Wildman–Crippen MR) is 42.6 cm³/mol. The van der Waals surface area contributed by atoms with Crippen LogP contribution in [0.1, 0.15) is 0 Å². The molecule has 13 heteroatoms. The van der Waals surface area contributed by atoms with Crippen molar-refractivity contribution in [1.82, 2.24) is 0 Å². The second-order valence-corrected chi connectivity index (χ2v) is 3.61. The van der Waals surface area contributed by atoms with Crippen LogP contribution in [0.5, 0.6) is 0 Å². The molecule has 0 aromatic rings. The van der Waals surface area contributed by atoms with E-state index in [1.165, 1.54) is 0 Å². The lowest BCUT2D eigenvalue weighted by atomic mass is 10.1. The van der Waals surface area contributed by atoms with Gasteiger partial charge in [0.25, 0.3) is 6.43 Å². The van der Waals surface area contributed by atoms with Crippen molar-refractivity contribution in [1.29, 1.82) is 0 Å². The minimum Gasteiger partial charge on any atom is -0.303 e. The molecule has 0 bridgehead atoms. The van der Waals surface area contributed by atoms with Crippen molar-refractivity contribution in [3.05, 3.63) is 0 Å². The molecule has 0 rings (SSSR count). The van der Waals surface area contributed by atoms with E-state index in [1.807, 2.05) is 0 Å². The lowest BCUT2D eigenvalue weighted by Crippen LogP contribution is -2.56. The number of rotatable bonds is 8. The first kappa shape index (κ1) is 20.1. The lowest BCUT2D eigenvalue weighted by molar-refractivity contribution is -0.403. The van der Waals surface area contributed by atoms with Crippen LogP contribution < -0.4 is 0 Å². The standard InChI is InChI=1S/C8H6F12O/c9-1-2(6(15,16)3(10)4(11)12)21-8(19,20)7(17,18)5(13)14/h2-5H,1H2. The van der Waals surface area contributed by atoms with Crippen molar-refractivity contribution < 1.29 is 57.4 Å². The van der Waals surface area contributed by atoms with Gasteiger partial charge in [-0.15, -0.1) is 0 Å². The zero-order chi connectivity index (χ0) is 17.2. The van der Waals surface area contributed by atoms with Crippen LogP contribution in [0.15, 0.2) is 0 Å². The van der Waals surface area contributed by atoms with E-state index in [0.717, 1.165) is 0 Å². The van der Waals surface area contributed by atoms with Gasteiger partial charge in [0.15, 0.2) is 6.10 Å². The largest absolute Gasteiger partial charge is 0.426 e. The summed E-state index contributed by atoms with van der Waals surface area (Å²) in [5, 5.41) is 0. The van der Waals surface area contributed by atoms with Gasteiger partial charge in [-0.05, 0) is 0 Å². The van der Waals surface area contributed by atoms with Crippen LogP contribution in [0.25, 0.3) is 0 Å². The summed E-state index contributed by atoms with van der Waals surface area (Å²) >= 11 is 0. The maximum absolute atomic E-state index is 12.9. The summed E-state index contributed by atoms with van der Waals surface area (Å²) in [5.41, 5.74) is 0. The lowest BCUT2D eigenvalue weighted by Gasteiger charge is -2.32. The molecule has 0 fully saturated rings. The number of ether oxygens (including phenoxy) is 1. The smallest absolute Gasteiger partial charge is 0.303 e. The summed E-state index contributed by atoms with van der Waals surface area (Å²) in [6.07, 6.45) is -24.6. The van der Waals surface area contributed by atoms with E-state index in [4.69, 9.17) is 0 Å². The molecule has 0 aliphatic heterocycles. The van der Waals surface area contributed by atoms with Crippen LogP contribution in [0, 0.1) is 0 Å². The molecule has 0 aliphatic carbocycles. The molecule has 0 aliphatic rings. The molecule has 0 aromatic heterocycles. The van der Waals surface area contributed by atoms with Crippen molar-refractivity contribution in [2.45, 2.75) is 43.1 Å². The molecular formula is C8H6F12O. The topological polar surface area (TPSA) is 9.23 Å². The van der Waals surface area contributed by atoms with Crippen molar-refractivity contribution in [3.63, 3.8) is 0 Å². The summed E-state index contributed by atoms with van der Waals surface area (Å²) < 4.78 is 149. The Morgan fingerprint density at radius 2 is 1.24 bits per heavy atom. The van der Waals surface area contributed by atoms with Gasteiger partial charge in [0, 0.05) is 0 Å². The maximum Gasteiger partial charge on any atom is 0.426 e. The fraction of sp³-hybridized carbons (Fsp3) is 1.00. The number of hydrogen-bond acceptors (Lipinski definition) is 1. The molecule has 0 saturated carbocycles. The van der Waals surface area contributed by atoms with Gasteiger partial charge in [-0.1, -0.05) is 0 Å². The molecule has 0 aromatic carbocycles. The van der Waals surface area contributed by atoms with Gasteiger partial charge in [0.1, 0.15) is 6.67 Å². The Balaban J connectivity index is 5.33. The van der Waals surface area contributed by atoms with Gasteiger partial charge < -0.3 is 4.74 Å². The Hall–Kier alpha value is -0.880. The average molecular weight is 346 g/mol. The van der Waals surface area contributed by atoms with Gasteiger partial charge in [-0.25, -0.2) is 35.1 Å². The van der Waals surface area contributed by atoms with Crippen LogP contribution in [-0.4, -0.2) is 49.8 Å². The normalized spacial score (nSPS) is 17.4. The van der Waals surface area contributed by atoms with Gasteiger partial charge in [0.2, 0.25) is 6.17 Å². The number of hydrogen-bond donors (Lipinski definition) is 0. The minimum absolute atomic E-state index is 2.49. The van der Waals surface area contributed by atoms with Crippen LogP contribution in [-0.2, 0) is 4.74 Å². The SMILES string of the molecule is FCC(OC(F)(F)C(F)(F)C(F)F)C(F)(F)C(F)C(F)F. The molecule has 2 atom stereocenters. The second-order valence-electron chi connectivity index (χ2n) is 3.61. The van der Waals surface area contributed by atoms with Gasteiger partial charge in [-0.3, -0.25) is 0 Å². The zero-order valence-corrected chi connectivity index (χ0v) is 9.46. The maximum atomic E-state index is 12.9. The first-order valence-corrected chi connectivity index (χ1v) is 4.79. The third-order valence-electron chi connectivity index (χ3n) is 2.11. The quantitative estimate of drug-likeness (QED) is 0.602. The van der Waals surface area contributed by atoms with Gasteiger partial charge >= 0.3 is 24.4 Å². The molecule has 0 heterocycles. The Morgan fingerprint density at radius 3 is 1.52 bits per heavy atom. The zero-order valence-electron chi connectivity index (χ0n) is 9.46. The van der Waals surface area contributed by atoms with Crippen LogP contribution in [0.3, 0.4) is 0 Å². The fourth-order valence-corrected chi connectivity index (χ4v) is 0.943. The number of halogens is 12. The highest BCUT2D eigenvalue weighted by Gasteiger charge is 2.68. The first-order chi connectivity index (χ1) is 9.21. The summed E-state index contributed by atoms with van der Waals surface area (Å²) in [6, 6.07) is 0. The van der Waals surface area contributed by atoms with E-state index < -0.39 is 49.8 Å². The molecular weight excluding hydrogens is 340 g/mol. The molecule has 1 nitrogen and oxygen atoms in total. The van der Waals surface area contributed by atoms with Crippen molar-refractivity contribution in [2.75, 3.05) is 6.67 Å². The van der Waals surface area contributed by atoms with Crippen LogP contribution >= 0.6 is 0 Å². The summed E-state index contributed by atoms with van der Waals surface area (Å²) in [4.78, 5) is 0. The van der Waals surface area contributed by atoms with E-state index in [-0.39, 0.29) is 0 Å². The summed E-state index contributed by atoms with van der Waals surface area (Å²) in [5.74, 6) is -12.0. The van der Waals surface area contributed by atoms with E-state index in [0.29, 0.717) is 0 Å². The predicted octanol–water partition coefficient (Wildman–Crippen LogP) is 4.07. The van der Waals surface area contributed by atoms with E-state index in [9.17, 15) is 52.7 Å². The van der Waals surface area contributed by atoms with Crippen molar-refractivity contribution in [3.8, 4) is 0 Å². The Labute approximate surface area is 108 Å². The monoisotopic (exact) mass is 346 g/mol. The van der Waals surface area contributed by atoms with E-state index in [1.54, 1.807) is 0 Å². The molecule has 21 heavy (non-hydrogen) atoms. The molecule has 0 saturated heterocycles. The van der Waals surface area contributed by atoms with Crippen molar-refractivity contribution in [2.24, 2.45) is 0 Å². The Kier molecular flexibility index (Phi) is 6.21. The fourth-order valence-electron chi connectivity index (χ4n) is 0.943. The average Bonchev–Trinajstić information content (AvgIpc) is 2.33. The third-order valence-corrected chi connectivity index (χ3v) is 2.11. The second kappa shape index (κ2) is 6.48. The highest BCUT2D eigenvalue weighted by Crippen LogP contribution is 2.43. The third kappa shape index (κ3) is 4.07. The van der Waals surface area contributed by atoms with E-state index in [2.05, 4.69) is 4.74 Å². The minimum atomic E-state index is -6.34. The van der Waals surface area contributed by atoms with Crippen molar-refractivity contribution >= 4 is 0 Å². The highest BCUT2D eigenvalue weighted by molar-refractivity contribution is 4.90. The molecule has 128 valence electrons. The number of alkyl halides is 12. The summed E-state index contributed by atoms with van der Waals surface area (Å²) in [7, 11) is 0. The molecule has 0 spiro atoms. The Morgan fingerprint density at radius 1 is 0.810 bits per heavy atom. The Bertz CT molecular complexity index is 329. The molecule has 2 unspecified atom stereocenters. The summed E-state index contributed by atoms with van der Waals surface area (Å²) in [6.45, 7) is -2.81. The van der Waals surface area contributed by atoms with Gasteiger partial charge in [-0.2, -0.15) is 17.6 Å². The molecule has 0 N–H and O–H groups in total. The van der Waals surface area contributed by atoms with Crippen LogP contribution in [0.4, 0.5) is 52.7 Å². The molecule has 0 amide bonds. The molecule has 0 radical (unpaired) electrons. The van der Waals surface area contributed by atoms with E-state index >= 15 is 0 Å². The highest BCUT2D eigenvalue weighted by atomic mass is 19.3. The van der Waals surface area contributed by atoms with Crippen LogP contribution in [0.2, 0.25) is 0 Å². The first-order valence-electron chi connectivity index (χ1n) is 4.79.